The van der Waals surface area contributed by atoms with Gasteiger partial charge in [0.1, 0.15) is 11.4 Å². The summed E-state index contributed by atoms with van der Waals surface area (Å²) in [6, 6.07) is 3.41. The highest BCUT2D eigenvalue weighted by molar-refractivity contribution is 5.95. The van der Waals surface area contributed by atoms with Crippen LogP contribution in [-0.4, -0.2) is 20.9 Å². The zero-order chi connectivity index (χ0) is 17.2. The predicted molar refractivity (Wildman–Crippen MR) is 88.4 cm³/mol. The number of nitrogens with one attached hydrogen (secondary N) is 2. The number of pyridine rings is 1. The number of carbonyl (C=O) groups excluding carboxylic acids is 1. The van der Waals surface area contributed by atoms with Crippen LogP contribution in [0.15, 0.2) is 29.3 Å². The summed E-state index contributed by atoms with van der Waals surface area (Å²) < 4.78 is 0. The van der Waals surface area contributed by atoms with Crippen LogP contribution in [0.2, 0.25) is 0 Å². The Bertz CT molecular complexity index is 760. The van der Waals surface area contributed by atoms with Crippen LogP contribution in [0.5, 0.6) is 0 Å². The highest BCUT2D eigenvalue weighted by Gasteiger charge is 2.23. The van der Waals surface area contributed by atoms with Gasteiger partial charge in [-0.3, -0.25) is 14.6 Å². The Kier molecular flexibility index (Phi) is 4.63. The van der Waals surface area contributed by atoms with Crippen molar-refractivity contribution >= 4 is 5.91 Å². The SMILES string of the molecule is Cc1nc(C(C)(C)C)[nH]c(=O)c1C(=O)NC(C)c1ccncc1. The molecule has 0 spiro atoms. The quantitative estimate of drug-likeness (QED) is 0.909. The number of amides is 1. The summed E-state index contributed by atoms with van der Waals surface area (Å²) in [4.78, 5) is 35.8. The van der Waals surface area contributed by atoms with Gasteiger partial charge >= 0.3 is 0 Å². The third-order valence-electron chi connectivity index (χ3n) is 3.59. The van der Waals surface area contributed by atoms with Gasteiger partial charge in [-0.05, 0) is 31.5 Å². The number of aryl methyl sites for hydroxylation is 1. The van der Waals surface area contributed by atoms with Gasteiger partial charge in [0.05, 0.1) is 11.7 Å². The van der Waals surface area contributed by atoms with E-state index in [1.54, 1.807) is 19.3 Å². The topological polar surface area (TPSA) is 87.7 Å². The molecule has 1 amide bonds. The summed E-state index contributed by atoms with van der Waals surface area (Å²) in [5.41, 5.74) is 0.698. The standard InChI is InChI=1S/C17H22N4O2/c1-10(12-6-8-18-9-7-12)19-14(22)13-11(2)20-16(17(3,4)5)21-15(13)23/h6-10H,1-5H3,(H,19,22)(H,20,21,23). The van der Waals surface area contributed by atoms with Crippen LogP contribution < -0.4 is 10.9 Å². The lowest BCUT2D eigenvalue weighted by molar-refractivity contribution is 0.0937. The lowest BCUT2D eigenvalue weighted by atomic mass is 9.95. The first kappa shape index (κ1) is 16.9. The van der Waals surface area contributed by atoms with E-state index < -0.39 is 11.5 Å². The molecule has 2 N–H and O–H groups in total. The minimum Gasteiger partial charge on any atom is -0.345 e. The first-order valence-electron chi connectivity index (χ1n) is 7.52. The van der Waals surface area contributed by atoms with Crippen molar-refractivity contribution in [3.8, 4) is 0 Å². The molecule has 6 heteroatoms. The minimum atomic E-state index is -0.430. The molecular formula is C17H22N4O2. The average molecular weight is 314 g/mol. The first-order valence-corrected chi connectivity index (χ1v) is 7.52. The third-order valence-corrected chi connectivity index (χ3v) is 3.59. The van der Waals surface area contributed by atoms with Gasteiger partial charge < -0.3 is 10.3 Å². The monoisotopic (exact) mass is 314 g/mol. The fourth-order valence-electron chi connectivity index (χ4n) is 2.21. The number of rotatable bonds is 3. The second-order valence-corrected chi connectivity index (χ2v) is 6.60. The molecule has 2 heterocycles. The van der Waals surface area contributed by atoms with E-state index in [0.717, 1.165) is 5.56 Å². The maximum atomic E-state index is 12.4. The van der Waals surface area contributed by atoms with Gasteiger partial charge in [0.2, 0.25) is 0 Å². The van der Waals surface area contributed by atoms with E-state index in [1.165, 1.54) is 0 Å². The second-order valence-electron chi connectivity index (χ2n) is 6.60. The van der Waals surface area contributed by atoms with Gasteiger partial charge in [0, 0.05) is 17.8 Å². The Hall–Kier alpha value is -2.50. The average Bonchev–Trinajstić information content (AvgIpc) is 2.46. The second kappa shape index (κ2) is 6.32. The van der Waals surface area contributed by atoms with Crippen LogP contribution in [0.25, 0.3) is 0 Å². The summed E-state index contributed by atoms with van der Waals surface area (Å²) in [7, 11) is 0. The fraction of sp³-hybridized carbons (Fsp3) is 0.412. The van der Waals surface area contributed by atoms with Crippen LogP contribution in [0.1, 0.15) is 61.2 Å². The van der Waals surface area contributed by atoms with Crippen molar-refractivity contribution in [3.63, 3.8) is 0 Å². The minimum absolute atomic E-state index is 0.0545. The van der Waals surface area contributed by atoms with Crippen LogP contribution in [0.3, 0.4) is 0 Å². The number of H-pyrrole nitrogens is 1. The smallest absolute Gasteiger partial charge is 0.264 e. The van der Waals surface area contributed by atoms with Crippen LogP contribution in [-0.2, 0) is 5.41 Å². The zero-order valence-electron chi connectivity index (χ0n) is 14.1. The van der Waals surface area contributed by atoms with Crippen molar-refractivity contribution in [1.29, 1.82) is 0 Å². The third kappa shape index (κ3) is 3.83. The first-order chi connectivity index (χ1) is 10.7. The molecule has 122 valence electrons. The Morgan fingerprint density at radius 1 is 1.26 bits per heavy atom. The van der Waals surface area contributed by atoms with E-state index in [9.17, 15) is 9.59 Å². The molecule has 0 aliphatic rings. The van der Waals surface area contributed by atoms with Gasteiger partial charge in [0.25, 0.3) is 11.5 Å². The number of aromatic amines is 1. The van der Waals surface area contributed by atoms with Crippen LogP contribution in [0.4, 0.5) is 0 Å². The molecule has 2 aromatic rings. The Morgan fingerprint density at radius 2 is 1.87 bits per heavy atom. The van der Waals surface area contributed by atoms with E-state index in [1.807, 2.05) is 39.8 Å². The number of carbonyl (C=O) groups is 1. The number of aromatic nitrogens is 3. The van der Waals surface area contributed by atoms with Crippen molar-refractivity contribution in [2.24, 2.45) is 0 Å². The summed E-state index contributed by atoms with van der Waals surface area (Å²) >= 11 is 0. The lowest BCUT2D eigenvalue weighted by Gasteiger charge is -2.19. The summed E-state index contributed by atoms with van der Waals surface area (Å²) in [5.74, 6) is 0.139. The van der Waals surface area contributed by atoms with E-state index in [4.69, 9.17) is 0 Å². The van der Waals surface area contributed by atoms with Gasteiger partial charge in [-0.2, -0.15) is 0 Å². The molecule has 1 unspecified atom stereocenters. The summed E-state index contributed by atoms with van der Waals surface area (Å²) in [6.07, 6.45) is 3.32. The molecule has 0 bridgehead atoms. The van der Waals surface area contributed by atoms with Crippen LogP contribution >= 0.6 is 0 Å². The van der Waals surface area contributed by atoms with Gasteiger partial charge in [0.15, 0.2) is 0 Å². The van der Waals surface area contributed by atoms with Crippen molar-refractivity contribution in [1.82, 2.24) is 20.3 Å². The largest absolute Gasteiger partial charge is 0.345 e. The predicted octanol–water partition coefficient (Wildman–Crippen LogP) is 2.26. The van der Waals surface area contributed by atoms with Gasteiger partial charge in [-0.15, -0.1) is 0 Å². The molecule has 1 atom stereocenters. The lowest BCUT2D eigenvalue weighted by Crippen LogP contribution is -2.35. The summed E-state index contributed by atoms with van der Waals surface area (Å²) in [6.45, 7) is 9.39. The molecule has 2 aromatic heterocycles. The molecule has 0 aliphatic heterocycles. The maximum absolute atomic E-state index is 12.4. The molecule has 23 heavy (non-hydrogen) atoms. The molecule has 0 aromatic carbocycles. The number of nitrogens with zero attached hydrogens (tertiary/aromatic N) is 2. The zero-order valence-corrected chi connectivity index (χ0v) is 14.1. The number of hydrogen-bond donors (Lipinski definition) is 2. The normalized spacial score (nSPS) is 12.7. The highest BCUT2D eigenvalue weighted by atomic mass is 16.2. The Balaban J connectivity index is 2.28. The molecule has 6 nitrogen and oxygen atoms in total. The van der Waals surface area contributed by atoms with Gasteiger partial charge in [-0.25, -0.2) is 4.98 Å². The van der Waals surface area contributed by atoms with E-state index in [-0.39, 0.29) is 17.0 Å². The molecule has 0 saturated heterocycles. The van der Waals surface area contributed by atoms with E-state index in [0.29, 0.717) is 11.5 Å². The molecule has 0 radical (unpaired) electrons. The molecule has 0 fully saturated rings. The molecule has 0 aliphatic carbocycles. The van der Waals surface area contributed by atoms with Crippen molar-refractivity contribution in [2.45, 2.75) is 46.1 Å². The fourth-order valence-corrected chi connectivity index (χ4v) is 2.21. The van der Waals surface area contributed by atoms with Crippen molar-refractivity contribution in [2.75, 3.05) is 0 Å². The van der Waals surface area contributed by atoms with Gasteiger partial charge in [-0.1, -0.05) is 20.8 Å². The van der Waals surface area contributed by atoms with Crippen LogP contribution in [0, 0.1) is 6.92 Å². The number of hydrogen-bond acceptors (Lipinski definition) is 4. The Labute approximate surface area is 135 Å². The van der Waals surface area contributed by atoms with E-state index in [2.05, 4.69) is 20.3 Å². The maximum Gasteiger partial charge on any atom is 0.264 e. The Morgan fingerprint density at radius 3 is 2.39 bits per heavy atom. The molecular weight excluding hydrogens is 292 g/mol. The van der Waals surface area contributed by atoms with Crippen molar-refractivity contribution < 1.29 is 4.79 Å². The highest BCUT2D eigenvalue weighted by Crippen LogP contribution is 2.18. The van der Waals surface area contributed by atoms with Crippen molar-refractivity contribution in [3.05, 3.63) is 57.5 Å². The summed E-state index contributed by atoms with van der Waals surface area (Å²) in [5, 5.41) is 2.83. The molecule has 0 saturated carbocycles. The van der Waals surface area contributed by atoms with E-state index >= 15 is 0 Å². The molecule has 2 rings (SSSR count).